The Bertz CT molecular complexity index is 411. The van der Waals surface area contributed by atoms with Gasteiger partial charge in [-0.2, -0.15) is 17.5 Å². The van der Waals surface area contributed by atoms with Crippen LogP contribution in [0, 0.1) is 5.92 Å². The fourth-order valence-corrected chi connectivity index (χ4v) is 3.95. The molecule has 0 aromatic carbocycles. The minimum Gasteiger partial charge on any atom is -0.323 e. The first-order valence-corrected chi connectivity index (χ1v) is 7.57. The highest BCUT2D eigenvalue weighted by Crippen LogP contribution is 2.43. The quantitative estimate of drug-likeness (QED) is 0.822. The Morgan fingerprint density at radius 2 is 1.83 bits per heavy atom. The van der Waals surface area contributed by atoms with E-state index < -0.39 is 33.9 Å². The summed E-state index contributed by atoms with van der Waals surface area (Å²) in [6.07, 6.45) is -3.69. The minimum atomic E-state index is -4.30. The molecule has 1 heterocycles. The van der Waals surface area contributed by atoms with E-state index in [1.807, 2.05) is 0 Å². The third-order valence-electron chi connectivity index (χ3n) is 3.59. The number of hydrogen-bond acceptors (Lipinski definition) is 3. The molecule has 2 N–H and O–H groups in total. The molecule has 0 radical (unpaired) electrons. The van der Waals surface area contributed by atoms with Crippen molar-refractivity contribution < 1.29 is 21.6 Å². The lowest BCUT2D eigenvalue weighted by atomic mass is 9.88. The molecule has 2 aliphatic rings. The molecule has 1 saturated carbocycles. The van der Waals surface area contributed by atoms with Gasteiger partial charge in [-0.05, 0) is 25.2 Å². The van der Waals surface area contributed by atoms with Crippen LogP contribution in [0.1, 0.15) is 25.7 Å². The molecule has 106 valence electrons. The first-order chi connectivity index (χ1) is 8.12. The van der Waals surface area contributed by atoms with Crippen molar-refractivity contribution in [3.63, 3.8) is 0 Å². The zero-order valence-corrected chi connectivity index (χ0v) is 10.7. The first kappa shape index (κ1) is 14.1. The molecule has 0 amide bonds. The summed E-state index contributed by atoms with van der Waals surface area (Å²) >= 11 is 0. The molecule has 1 aliphatic heterocycles. The maximum atomic E-state index is 11.9. The van der Waals surface area contributed by atoms with Gasteiger partial charge in [0.05, 0.1) is 5.75 Å². The van der Waals surface area contributed by atoms with Crippen LogP contribution in [0.5, 0.6) is 0 Å². The van der Waals surface area contributed by atoms with Gasteiger partial charge < -0.3 is 5.73 Å². The SMILES string of the molecule is NC1(C2CC2)CN(S(=O)(=O)CCCC(F)(F)F)C1. The Labute approximate surface area is 104 Å². The van der Waals surface area contributed by atoms with Crippen LogP contribution < -0.4 is 5.73 Å². The van der Waals surface area contributed by atoms with E-state index in [4.69, 9.17) is 5.73 Å². The van der Waals surface area contributed by atoms with E-state index in [9.17, 15) is 21.6 Å². The number of hydrogen-bond donors (Lipinski definition) is 1. The Hall–Kier alpha value is -0.340. The van der Waals surface area contributed by atoms with Crippen molar-refractivity contribution in [1.82, 2.24) is 4.31 Å². The van der Waals surface area contributed by atoms with Gasteiger partial charge in [0.1, 0.15) is 0 Å². The first-order valence-electron chi connectivity index (χ1n) is 5.96. The van der Waals surface area contributed by atoms with Crippen molar-refractivity contribution in [2.24, 2.45) is 11.7 Å². The van der Waals surface area contributed by atoms with E-state index in [0.29, 0.717) is 5.92 Å². The lowest BCUT2D eigenvalue weighted by molar-refractivity contribution is -0.134. The van der Waals surface area contributed by atoms with Crippen LogP contribution in [0.15, 0.2) is 0 Å². The zero-order chi connectivity index (χ0) is 13.6. The molecule has 8 heteroatoms. The second-order valence-electron chi connectivity index (χ2n) is 5.31. The van der Waals surface area contributed by atoms with Gasteiger partial charge in [-0.25, -0.2) is 8.42 Å². The average molecular weight is 286 g/mol. The lowest BCUT2D eigenvalue weighted by Gasteiger charge is -2.47. The van der Waals surface area contributed by atoms with Crippen molar-refractivity contribution in [1.29, 1.82) is 0 Å². The summed E-state index contributed by atoms with van der Waals surface area (Å²) in [5.41, 5.74) is 5.57. The van der Waals surface area contributed by atoms with Gasteiger partial charge in [0.15, 0.2) is 0 Å². The van der Waals surface area contributed by atoms with Crippen LogP contribution in [0.4, 0.5) is 13.2 Å². The average Bonchev–Trinajstić information content (AvgIpc) is 2.93. The van der Waals surface area contributed by atoms with Gasteiger partial charge in [0, 0.05) is 25.0 Å². The van der Waals surface area contributed by atoms with Crippen LogP contribution in [-0.2, 0) is 10.0 Å². The number of sulfonamides is 1. The lowest BCUT2D eigenvalue weighted by Crippen LogP contribution is -2.69. The minimum absolute atomic E-state index is 0.256. The number of halogens is 3. The summed E-state index contributed by atoms with van der Waals surface area (Å²) in [7, 11) is -3.57. The van der Waals surface area contributed by atoms with Gasteiger partial charge in [0.25, 0.3) is 0 Å². The topological polar surface area (TPSA) is 63.4 Å². The van der Waals surface area contributed by atoms with Crippen LogP contribution in [0.25, 0.3) is 0 Å². The second kappa shape index (κ2) is 4.35. The van der Waals surface area contributed by atoms with E-state index >= 15 is 0 Å². The van der Waals surface area contributed by atoms with Crippen LogP contribution in [-0.4, -0.2) is 43.3 Å². The van der Waals surface area contributed by atoms with E-state index in [0.717, 1.165) is 12.8 Å². The van der Waals surface area contributed by atoms with Crippen molar-refractivity contribution in [3.8, 4) is 0 Å². The van der Waals surface area contributed by atoms with E-state index in [-0.39, 0.29) is 19.5 Å². The summed E-state index contributed by atoms with van der Waals surface area (Å²) in [6, 6.07) is 0. The fourth-order valence-electron chi connectivity index (χ4n) is 2.31. The molecule has 1 saturated heterocycles. The summed E-state index contributed by atoms with van der Waals surface area (Å²) in [5, 5.41) is 0. The standard InChI is InChI=1S/C10H17F3N2O2S/c11-10(12,13)4-1-5-18(16,17)15-6-9(14,7-15)8-2-3-8/h8H,1-7,14H2. The highest BCUT2D eigenvalue weighted by atomic mass is 32.2. The molecular formula is C10H17F3N2O2S. The molecular weight excluding hydrogens is 269 g/mol. The van der Waals surface area contributed by atoms with Gasteiger partial charge in [-0.15, -0.1) is 0 Å². The fraction of sp³-hybridized carbons (Fsp3) is 1.00. The Kier molecular flexibility index (Phi) is 3.40. The van der Waals surface area contributed by atoms with Crippen molar-refractivity contribution >= 4 is 10.0 Å². The van der Waals surface area contributed by atoms with Gasteiger partial charge in [0.2, 0.25) is 10.0 Å². The van der Waals surface area contributed by atoms with Crippen molar-refractivity contribution in [3.05, 3.63) is 0 Å². The molecule has 2 rings (SSSR count). The molecule has 4 nitrogen and oxygen atoms in total. The van der Waals surface area contributed by atoms with Gasteiger partial charge in [-0.1, -0.05) is 0 Å². The number of alkyl halides is 3. The van der Waals surface area contributed by atoms with Crippen molar-refractivity contribution in [2.45, 2.75) is 37.4 Å². The van der Waals surface area contributed by atoms with Crippen LogP contribution in [0.2, 0.25) is 0 Å². The summed E-state index contributed by atoms with van der Waals surface area (Å²) in [4.78, 5) is 0. The highest BCUT2D eigenvalue weighted by Gasteiger charge is 2.53. The molecule has 18 heavy (non-hydrogen) atoms. The predicted octanol–water partition coefficient (Wildman–Crippen LogP) is 1.08. The second-order valence-corrected chi connectivity index (χ2v) is 7.40. The van der Waals surface area contributed by atoms with E-state index in [1.165, 1.54) is 4.31 Å². The maximum Gasteiger partial charge on any atom is 0.389 e. The molecule has 0 atom stereocenters. The molecule has 2 fully saturated rings. The Morgan fingerprint density at radius 1 is 1.28 bits per heavy atom. The Morgan fingerprint density at radius 3 is 2.28 bits per heavy atom. The third-order valence-corrected chi connectivity index (χ3v) is 5.44. The summed E-state index contributed by atoms with van der Waals surface area (Å²) in [6.45, 7) is 0.512. The molecule has 0 unspecified atom stereocenters. The van der Waals surface area contributed by atoms with E-state index in [2.05, 4.69) is 0 Å². The van der Waals surface area contributed by atoms with Gasteiger partial charge in [-0.3, -0.25) is 0 Å². The molecule has 1 aliphatic carbocycles. The molecule has 0 bridgehead atoms. The molecule has 0 spiro atoms. The summed E-state index contributed by atoms with van der Waals surface area (Å²) in [5.74, 6) is -0.0631. The largest absolute Gasteiger partial charge is 0.389 e. The number of rotatable bonds is 5. The monoisotopic (exact) mass is 286 g/mol. The van der Waals surface area contributed by atoms with Gasteiger partial charge >= 0.3 is 6.18 Å². The normalized spacial score (nSPS) is 24.9. The Balaban J connectivity index is 1.78. The molecule has 0 aromatic heterocycles. The maximum absolute atomic E-state index is 11.9. The number of nitrogens with zero attached hydrogens (tertiary/aromatic N) is 1. The summed E-state index contributed by atoms with van der Waals surface area (Å²) < 4.78 is 60.5. The third kappa shape index (κ3) is 3.16. The zero-order valence-electron chi connectivity index (χ0n) is 9.91. The highest BCUT2D eigenvalue weighted by molar-refractivity contribution is 7.89. The van der Waals surface area contributed by atoms with Crippen molar-refractivity contribution in [2.75, 3.05) is 18.8 Å². The van der Waals surface area contributed by atoms with Crippen LogP contribution in [0.3, 0.4) is 0 Å². The number of nitrogens with two attached hydrogens (primary N) is 1. The van der Waals surface area contributed by atoms with Crippen LogP contribution >= 0.6 is 0 Å². The predicted molar refractivity (Wildman–Crippen MR) is 60.3 cm³/mol. The smallest absolute Gasteiger partial charge is 0.323 e. The molecule has 0 aromatic rings. The van der Waals surface area contributed by atoms with E-state index in [1.54, 1.807) is 0 Å².